The largest absolute Gasteiger partial charge is 0.170 e. The molecule has 2 rings (SSSR count). The summed E-state index contributed by atoms with van der Waals surface area (Å²) >= 11 is 1.70. The van der Waals surface area contributed by atoms with Crippen LogP contribution in [0.2, 0.25) is 0 Å². The molecule has 0 amide bonds. The van der Waals surface area contributed by atoms with E-state index in [9.17, 15) is 0 Å². The van der Waals surface area contributed by atoms with Crippen LogP contribution in [0.25, 0.3) is 0 Å². The molecule has 2 nitrogen and oxygen atoms in total. The Labute approximate surface area is 51.4 Å². The van der Waals surface area contributed by atoms with E-state index in [4.69, 9.17) is 0 Å². The fraction of sp³-hybridized carbons (Fsp3) is 0.200. The smallest absolute Gasteiger partial charge is 0.147 e. The van der Waals surface area contributed by atoms with Crippen molar-refractivity contribution in [2.45, 2.75) is 5.37 Å². The highest BCUT2D eigenvalue weighted by Gasteiger charge is 2.18. The van der Waals surface area contributed by atoms with Crippen molar-refractivity contribution in [1.29, 1.82) is 0 Å². The highest BCUT2D eigenvalue weighted by Crippen LogP contribution is 2.33. The Morgan fingerprint density at radius 2 is 2.62 bits per heavy atom. The fourth-order valence-corrected chi connectivity index (χ4v) is 1.50. The minimum Gasteiger partial charge on any atom is -0.170 e. The van der Waals surface area contributed by atoms with Gasteiger partial charge in [-0.25, -0.2) is 0 Å². The summed E-state index contributed by atoms with van der Waals surface area (Å²) in [4.78, 5) is 0. The molecule has 40 valence electrons. The van der Waals surface area contributed by atoms with E-state index in [1.165, 1.54) is 5.57 Å². The molecule has 2 aliphatic rings. The zero-order valence-electron chi connectivity index (χ0n) is 4.11. The van der Waals surface area contributed by atoms with Crippen LogP contribution in [-0.4, -0.2) is 5.37 Å². The lowest BCUT2D eigenvalue weighted by atomic mass is 10.3. The molecule has 0 N–H and O–H groups in total. The summed E-state index contributed by atoms with van der Waals surface area (Å²) < 4.78 is 0. The molecule has 3 heteroatoms. The van der Waals surface area contributed by atoms with Crippen LogP contribution in [0.4, 0.5) is 0 Å². The molecular formula is C5H4N2S. The molecule has 1 atom stereocenters. The number of hydrogen-bond donors (Lipinski definition) is 0. The second kappa shape index (κ2) is 1.45. The van der Waals surface area contributed by atoms with E-state index >= 15 is 0 Å². The average molecular weight is 124 g/mol. The number of azo groups is 1. The molecule has 0 bridgehead atoms. The zero-order valence-corrected chi connectivity index (χ0v) is 4.93. The molecule has 0 spiro atoms. The molecular weight excluding hydrogens is 120 g/mol. The van der Waals surface area contributed by atoms with Crippen LogP contribution in [0.15, 0.2) is 33.5 Å². The van der Waals surface area contributed by atoms with Crippen LogP contribution >= 0.6 is 11.8 Å². The minimum absolute atomic E-state index is 0.301. The molecule has 2 aliphatic heterocycles. The minimum atomic E-state index is 0.301. The van der Waals surface area contributed by atoms with Gasteiger partial charge in [-0.15, -0.1) is 11.8 Å². The first-order valence-electron chi connectivity index (χ1n) is 2.39. The van der Waals surface area contributed by atoms with Gasteiger partial charge < -0.3 is 0 Å². The van der Waals surface area contributed by atoms with E-state index in [-0.39, 0.29) is 0 Å². The van der Waals surface area contributed by atoms with Crippen molar-refractivity contribution < 1.29 is 0 Å². The predicted molar refractivity (Wildman–Crippen MR) is 33.5 cm³/mol. The summed E-state index contributed by atoms with van der Waals surface area (Å²) in [6.07, 6.45) is 3.86. The molecule has 0 fully saturated rings. The Hall–Kier alpha value is -0.570. The molecule has 8 heavy (non-hydrogen) atoms. The highest BCUT2D eigenvalue weighted by molar-refractivity contribution is 8.03. The topological polar surface area (TPSA) is 24.7 Å². The Balaban J connectivity index is 2.39. The highest BCUT2D eigenvalue weighted by atomic mass is 32.2. The molecule has 0 aliphatic carbocycles. The van der Waals surface area contributed by atoms with Gasteiger partial charge >= 0.3 is 0 Å². The van der Waals surface area contributed by atoms with Crippen molar-refractivity contribution >= 4 is 11.8 Å². The van der Waals surface area contributed by atoms with E-state index in [2.05, 4.69) is 21.7 Å². The number of thioether (sulfide) groups is 1. The standard InChI is InChI=1S/C5H4N2S/c1-2-8-5-4(1)3-6-7-5/h1-3,5H. The monoisotopic (exact) mass is 124 g/mol. The van der Waals surface area contributed by atoms with E-state index in [1.807, 2.05) is 0 Å². The third-order valence-electron chi connectivity index (χ3n) is 1.13. The van der Waals surface area contributed by atoms with E-state index < -0.39 is 0 Å². The Morgan fingerprint density at radius 1 is 1.62 bits per heavy atom. The lowest BCUT2D eigenvalue weighted by molar-refractivity contribution is 1.06. The maximum absolute atomic E-state index is 3.93. The summed E-state index contributed by atoms with van der Waals surface area (Å²) in [5, 5.41) is 10.0. The maximum atomic E-state index is 3.93. The van der Waals surface area contributed by atoms with Crippen LogP contribution in [0.3, 0.4) is 0 Å². The second-order valence-corrected chi connectivity index (χ2v) is 2.64. The molecule has 0 radical (unpaired) electrons. The zero-order chi connectivity index (χ0) is 5.40. The van der Waals surface area contributed by atoms with Crippen LogP contribution < -0.4 is 0 Å². The van der Waals surface area contributed by atoms with Gasteiger partial charge in [0.25, 0.3) is 0 Å². The third kappa shape index (κ3) is 0.448. The van der Waals surface area contributed by atoms with Crippen LogP contribution in [0.5, 0.6) is 0 Å². The fourth-order valence-electron chi connectivity index (χ4n) is 0.714. The molecule has 1 unspecified atom stereocenters. The third-order valence-corrected chi connectivity index (χ3v) is 2.05. The lowest BCUT2D eigenvalue weighted by Gasteiger charge is -1.92. The summed E-state index contributed by atoms with van der Waals surface area (Å²) in [6.45, 7) is 0. The molecule has 0 aromatic rings. The Bertz CT molecular complexity index is 193. The van der Waals surface area contributed by atoms with Crippen molar-refractivity contribution in [3.63, 3.8) is 0 Å². The summed E-state index contributed by atoms with van der Waals surface area (Å²) in [7, 11) is 0. The predicted octanol–water partition coefficient (Wildman–Crippen LogP) is 1.92. The molecule has 2 heterocycles. The first-order valence-corrected chi connectivity index (χ1v) is 3.33. The van der Waals surface area contributed by atoms with Crippen molar-refractivity contribution in [3.8, 4) is 0 Å². The normalized spacial score (nSPS) is 31.0. The van der Waals surface area contributed by atoms with Gasteiger partial charge in [0.05, 0.1) is 6.20 Å². The van der Waals surface area contributed by atoms with Crippen LogP contribution in [0, 0.1) is 0 Å². The van der Waals surface area contributed by atoms with Crippen molar-refractivity contribution in [2.75, 3.05) is 0 Å². The SMILES string of the molecule is C1=CC2=CN=NC2S1. The van der Waals surface area contributed by atoms with Gasteiger partial charge in [-0.2, -0.15) is 10.2 Å². The Kier molecular flexibility index (Phi) is 0.784. The van der Waals surface area contributed by atoms with E-state index in [1.54, 1.807) is 18.0 Å². The van der Waals surface area contributed by atoms with Gasteiger partial charge in [0.1, 0.15) is 5.37 Å². The number of fused-ring (bicyclic) bond motifs is 1. The number of nitrogens with zero attached hydrogens (tertiary/aromatic N) is 2. The molecule has 0 saturated heterocycles. The first-order chi connectivity index (χ1) is 3.97. The second-order valence-electron chi connectivity index (χ2n) is 1.65. The molecule has 0 saturated carbocycles. The van der Waals surface area contributed by atoms with E-state index in [0.29, 0.717) is 5.37 Å². The number of hydrogen-bond acceptors (Lipinski definition) is 3. The summed E-state index contributed by atoms with van der Waals surface area (Å²) in [5.41, 5.74) is 1.23. The average Bonchev–Trinajstić information content (AvgIpc) is 2.15. The maximum Gasteiger partial charge on any atom is 0.147 e. The van der Waals surface area contributed by atoms with E-state index in [0.717, 1.165) is 0 Å². The van der Waals surface area contributed by atoms with Gasteiger partial charge in [-0.3, -0.25) is 0 Å². The summed E-state index contributed by atoms with van der Waals surface area (Å²) in [6, 6.07) is 0. The first kappa shape index (κ1) is 4.32. The van der Waals surface area contributed by atoms with Crippen molar-refractivity contribution in [3.05, 3.63) is 23.3 Å². The molecule has 0 aromatic carbocycles. The van der Waals surface area contributed by atoms with Crippen LogP contribution in [0.1, 0.15) is 0 Å². The van der Waals surface area contributed by atoms with Gasteiger partial charge in [0.15, 0.2) is 0 Å². The van der Waals surface area contributed by atoms with Gasteiger partial charge in [0, 0.05) is 5.57 Å². The van der Waals surface area contributed by atoms with Crippen molar-refractivity contribution in [2.24, 2.45) is 10.2 Å². The van der Waals surface area contributed by atoms with Crippen LogP contribution in [-0.2, 0) is 0 Å². The van der Waals surface area contributed by atoms with Gasteiger partial charge in [0.2, 0.25) is 0 Å². The van der Waals surface area contributed by atoms with Gasteiger partial charge in [-0.05, 0) is 11.5 Å². The van der Waals surface area contributed by atoms with Gasteiger partial charge in [-0.1, -0.05) is 0 Å². The molecule has 0 aromatic heterocycles. The lowest BCUT2D eigenvalue weighted by Crippen LogP contribution is -1.88. The Morgan fingerprint density at radius 3 is 3.50 bits per heavy atom. The quantitative estimate of drug-likeness (QED) is 0.484. The number of rotatable bonds is 0. The van der Waals surface area contributed by atoms with Crippen molar-refractivity contribution in [1.82, 2.24) is 0 Å². The summed E-state index contributed by atoms with van der Waals surface area (Å²) in [5.74, 6) is 0.